The first kappa shape index (κ1) is 70.3. The summed E-state index contributed by atoms with van der Waals surface area (Å²) >= 11 is 0. The molecule has 0 saturated carbocycles. The molecule has 0 radical (unpaired) electrons. The van der Waals surface area contributed by atoms with Gasteiger partial charge in [-0.15, -0.1) is 0 Å². The second kappa shape index (κ2) is 29.9. The van der Waals surface area contributed by atoms with Crippen LogP contribution in [0.3, 0.4) is 0 Å². The third-order valence-corrected chi connectivity index (χ3v) is 32.0. The van der Waals surface area contributed by atoms with Crippen LogP contribution in [0, 0.1) is 0 Å². The molecule has 16 aromatic carbocycles. The maximum absolute atomic E-state index is 6.80. The zero-order valence-corrected chi connectivity index (χ0v) is 65.4. The number of hydrogen-bond donors (Lipinski definition) is 0. The summed E-state index contributed by atoms with van der Waals surface area (Å²) in [6.07, 6.45) is 16.8. The van der Waals surface area contributed by atoms with Gasteiger partial charge in [-0.1, -0.05) is 362 Å². The molecule has 0 saturated heterocycles. The molecule has 0 bridgehead atoms. The van der Waals surface area contributed by atoms with Crippen molar-refractivity contribution in [2.75, 3.05) is 9.80 Å². The fourth-order valence-corrected chi connectivity index (χ4v) is 26.4. The van der Waals surface area contributed by atoms with Crippen molar-refractivity contribution in [2.24, 2.45) is 0 Å². The van der Waals surface area contributed by atoms with Crippen molar-refractivity contribution >= 4 is 163 Å². The topological polar surface area (TPSA) is 32.8 Å². The Bertz CT molecular complexity index is 6520. The first-order valence-corrected chi connectivity index (χ1v) is 43.0. The molecule has 0 fully saturated rings. The van der Waals surface area contributed by atoms with Gasteiger partial charge in [0.25, 0.3) is 0 Å². The highest BCUT2D eigenvalue weighted by Crippen LogP contribution is 2.52. The molecule has 0 unspecified atom stereocenters. The van der Waals surface area contributed by atoms with E-state index < -0.39 is 16.1 Å². The van der Waals surface area contributed by atoms with Crippen molar-refractivity contribution in [3.8, 4) is 11.1 Å². The molecule has 0 spiro atoms. The lowest BCUT2D eigenvalue weighted by Crippen LogP contribution is -2.74. The average Bonchev–Trinajstić information content (AvgIpc) is 1.03. The minimum Gasteiger partial charge on any atom is -0.456 e. The van der Waals surface area contributed by atoms with Crippen molar-refractivity contribution in [1.82, 2.24) is 0 Å². The molecule has 0 atom stereocenters. The van der Waals surface area contributed by atoms with E-state index in [4.69, 9.17) is 15.4 Å². The van der Waals surface area contributed by atoms with Gasteiger partial charge in [-0.05, 0) is 164 Å². The van der Waals surface area contributed by atoms with E-state index in [9.17, 15) is 0 Å². The number of rotatable bonds is 22. The number of fused-ring (bicyclic) bond motifs is 6. The lowest BCUT2D eigenvalue weighted by Gasteiger charge is -2.34. The van der Waals surface area contributed by atoms with Crippen molar-refractivity contribution in [3.63, 3.8) is 0 Å². The van der Waals surface area contributed by atoms with Gasteiger partial charge in [-0.3, -0.25) is 0 Å². The van der Waals surface area contributed by atoms with Gasteiger partial charge in [-0.25, -0.2) is 0 Å². The van der Waals surface area contributed by atoms with Crippen LogP contribution in [0.15, 0.2) is 422 Å². The summed E-state index contributed by atoms with van der Waals surface area (Å²) in [7, 11) is -5.42. The molecule has 0 aliphatic carbocycles. The van der Waals surface area contributed by atoms with E-state index in [-0.39, 0.29) is 11.8 Å². The highest BCUT2D eigenvalue weighted by Gasteiger charge is 2.42. The zero-order chi connectivity index (χ0) is 75.9. The standard InChI is InChI=1S/C106H84N2O2Si2/c1-7-8-9-31-67-111(82-37-15-10-16-38-82,83-39-17-11-18-40-83)84-59-53-77(54-60-84)78-35-32-36-79(68-78)108(81-56-62-92-90-48-28-30-50-102(90)110-104(92)70-81)100-72-98(74(4)5)94-63-65-95-99(71-97(73(2)3)93-64-66-96(100)106(94)105(93)95)107(80-55-61-91-89-47-27-29-49-101(89)109-103(91)69-80)75(6)33-25-26-34-76-51-57-88(58-52-76)112(85-41-19-12-20-42-85,86-43-21-13-22-44-86)87-45-23-14-24-46-87/h7-74H,1,6H2,2-5H3/b9-8-,33-25-,34-26+,67-31+. The van der Waals surface area contributed by atoms with Crippen LogP contribution in [0.1, 0.15) is 56.2 Å². The molecular formula is C106H84N2O2Si2. The van der Waals surface area contributed by atoms with Crippen LogP contribution in [-0.4, -0.2) is 16.1 Å². The molecule has 18 rings (SSSR count). The Morgan fingerprint density at radius 1 is 0.330 bits per heavy atom. The van der Waals surface area contributed by atoms with Crippen molar-refractivity contribution in [3.05, 3.63) is 430 Å². The summed E-state index contributed by atoms with van der Waals surface area (Å²) in [6, 6.07) is 128. The van der Waals surface area contributed by atoms with Gasteiger partial charge in [0.1, 0.15) is 22.3 Å². The number of furan rings is 2. The maximum Gasteiger partial charge on any atom is 0.179 e. The van der Waals surface area contributed by atoms with E-state index in [2.05, 4.69) is 420 Å². The molecule has 4 nitrogen and oxygen atoms in total. The van der Waals surface area contributed by atoms with Crippen LogP contribution >= 0.6 is 0 Å². The highest BCUT2D eigenvalue weighted by atomic mass is 28.3. The van der Waals surface area contributed by atoms with Gasteiger partial charge in [-0.2, -0.15) is 0 Å². The maximum atomic E-state index is 6.80. The number of nitrogens with zero attached hydrogens (tertiary/aromatic N) is 2. The third-order valence-electron chi connectivity index (χ3n) is 22.8. The van der Waals surface area contributed by atoms with E-state index >= 15 is 0 Å². The Labute approximate surface area is 657 Å². The SMILES string of the molecule is C=C/C=C\C=C\[Si](c1ccccc1)(c1ccccc1)c1ccc(-c2cccc(N(c3ccc4c(c3)oc3ccccc34)c3cc(C(C)C)c4ccc5c(N(C(=C)/C=C\C=C\c6ccc([Si](c7ccccc7)(c7ccccc7)c7ccccc7)cc6)c6ccc7c(c6)oc6ccccc67)cc(C(C)C)c6ccc3c4c65)c2)cc1. The second-order valence-electron chi connectivity index (χ2n) is 29.9. The third kappa shape index (κ3) is 12.4. The summed E-state index contributed by atoms with van der Waals surface area (Å²) in [6.45, 7) is 18.3. The number of allylic oxidation sites excluding steroid dienone is 7. The van der Waals surface area contributed by atoms with E-state index in [1.807, 2.05) is 24.3 Å². The van der Waals surface area contributed by atoms with Crippen LogP contribution in [0.4, 0.5) is 28.4 Å². The van der Waals surface area contributed by atoms with E-state index in [0.29, 0.717) is 0 Å². The van der Waals surface area contributed by atoms with Crippen molar-refractivity contribution < 1.29 is 8.83 Å². The van der Waals surface area contributed by atoms with Crippen molar-refractivity contribution in [1.29, 1.82) is 0 Å². The van der Waals surface area contributed by atoms with Gasteiger partial charge in [0.2, 0.25) is 0 Å². The fourth-order valence-electron chi connectivity index (χ4n) is 17.5. The highest BCUT2D eigenvalue weighted by molar-refractivity contribution is 7.20. The Kier molecular flexibility index (Phi) is 18.8. The Balaban J connectivity index is 0.786. The molecule has 2 aromatic heterocycles. The van der Waals surface area contributed by atoms with Crippen LogP contribution in [0.5, 0.6) is 0 Å². The molecule has 538 valence electrons. The largest absolute Gasteiger partial charge is 0.456 e. The monoisotopic (exact) mass is 1470 g/mol. The van der Waals surface area contributed by atoms with Crippen LogP contribution < -0.4 is 46.1 Å². The van der Waals surface area contributed by atoms with Crippen LogP contribution in [0.25, 0.3) is 93.4 Å². The fraction of sp³-hybridized carbons (Fsp3) is 0.0566. The summed E-state index contributed by atoms with van der Waals surface area (Å²) in [4.78, 5) is 4.83. The quantitative estimate of drug-likeness (QED) is 0.0293. The second-order valence-corrected chi connectivity index (χ2v) is 37.4. The molecule has 112 heavy (non-hydrogen) atoms. The molecular weight excluding hydrogens is 1390 g/mol. The molecule has 0 N–H and O–H groups in total. The lowest BCUT2D eigenvalue weighted by atomic mass is 9.84. The summed E-state index contributed by atoms with van der Waals surface area (Å²) in [5.41, 5.74) is 17.6. The van der Waals surface area contributed by atoms with Crippen LogP contribution in [0.2, 0.25) is 0 Å². The molecule has 0 amide bonds. The predicted octanol–water partition coefficient (Wildman–Crippen LogP) is 24.4. The smallest absolute Gasteiger partial charge is 0.179 e. The number of hydrogen-bond acceptors (Lipinski definition) is 4. The number of benzene rings is 16. The van der Waals surface area contributed by atoms with Gasteiger partial charge >= 0.3 is 0 Å². The summed E-state index contributed by atoms with van der Waals surface area (Å²) in [5.74, 6) is 0.310. The first-order chi connectivity index (χ1) is 55.1. The molecule has 2 heterocycles. The molecule has 18 aromatic rings. The summed E-state index contributed by atoms with van der Waals surface area (Å²) < 4.78 is 13.5. The van der Waals surface area contributed by atoms with E-state index in [1.54, 1.807) is 0 Å². The Hall–Kier alpha value is -13.4. The molecule has 6 heteroatoms. The van der Waals surface area contributed by atoms with E-state index in [1.165, 1.54) is 69.0 Å². The van der Waals surface area contributed by atoms with Gasteiger partial charge < -0.3 is 18.6 Å². The van der Waals surface area contributed by atoms with Crippen LogP contribution in [-0.2, 0) is 0 Å². The average molecular weight is 1470 g/mol. The molecule has 0 aliphatic rings. The minimum atomic E-state index is -2.72. The summed E-state index contributed by atoms with van der Waals surface area (Å²) in [5, 5.41) is 20.8. The minimum absolute atomic E-state index is 0.154. The van der Waals surface area contributed by atoms with Gasteiger partial charge in [0.05, 0.1) is 11.4 Å². The van der Waals surface area contributed by atoms with E-state index in [0.717, 1.165) is 105 Å². The lowest BCUT2D eigenvalue weighted by molar-refractivity contribution is 0.668. The van der Waals surface area contributed by atoms with Crippen molar-refractivity contribution in [2.45, 2.75) is 39.5 Å². The molecule has 0 aliphatic heterocycles. The first-order valence-electron chi connectivity index (χ1n) is 38.9. The predicted molar refractivity (Wildman–Crippen MR) is 485 cm³/mol. The normalized spacial score (nSPS) is 12.4. The number of anilines is 5. The number of para-hydroxylation sites is 2. The Morgan fingerprint density at radius 3 is 1.29 bits per heavy atom. The zero-order valence-electron chi connectivity index (χ0n) is 63.4. The Morgan fingerprint density at radius 2 is 0.759 bits per heavy atom. The van der Waals surface area contributed by atoms with Gasteiger partial charge in [0, 0.05) is 67.2 Å². The van der Waals surface area contributed by atoms with Gasteiger partial charge in [0.15, 0.2) is 16.1 Å².